The summed E-state index contributed by atoms with van der Waals surface area (Å²) < 4.78 is 53.3. The molecule has 0 amide bonds. The smallest absolute Gasteiger partial charge is 0.383 e. The molecule has 218 valence electrons. The van der Waals surface area contributed by atoms with Crippen LogP contribution in [0.1, 0.15) is 31.7 Å². The van der Waals surface area contributed by atoms with Gasteiger partial charge in [0, 0.05) is 12.6 Å². The number of rotatable bonds is 10. The first-order chi connectivity index (χ1) is 18.9. The topological polar surface area (TPSA) is 272 Å². The number of nitrogen functional groups attached to an aromatic ring is 2. The van der Waals surface area contributed by atoms with Crippen LogP contribution >= 0.6 is 15.6 Å². The van der Waals surface area contributed by atoms with Crippen molar-refractivity contribution in [3.63, 3.8) is 0 Å². The predicted octanol–water partition coefficient (Wildman–Crippen LogP) is -0.176. The third-order valence-corrected chi connectivity index (χ3v) is 7.72. The second-order valence-corrected chi connectivity index (χ2v) is 11.6. The van der Waals surface area contributed by atoms with E-state index in [2.05, 4.69) is 24.5 Å². The van der Waals surface area contributed by atoms with Gasteiger partial charge in [0.05, 0.1) is 25.6 Å². The molecule has 0 aromatic carbocycles. The number of phosphoric acid groups is 2. The highest BCUT2D eigenvalue weighted by molar-refractivity contribution is 7.47. The molecular formula is C19H26N8O11P2. The average Bonchev–Trinajstić information content (AvgIpc) is 3.60. The van der Waals surface area contributed by atoms with Gasteiger partial charge in [-0.2, -0.15) is 4.98 Å². The summed E-state index contributed by atoms with van der Waals surface area (Å²) in [6.07, 6.45) is 0.346. The lowest BCUT2D eigenvalue weighted by Crippen LogP contribution is -2.29. The highest BCUT2D eigenvalue weighted by Gasteiger charge is 2.43. The van der Waals surface area contributed by atoms with Crippen LogP contribution in [0.4, 0.5) is 11.6 Å². The summed E-state index contributed by atoms with van der Waals surface area (Å²) in [7, 11) is -9.66. The number of phosphoric ester groups is 2. The van der Waals surface area contributed by atoms with Crippen molar-refractivity contribution in [3.05, 3.63) is 35.4 Å². The van der Waals surface area contributed by atoms with E-state index in [9.17, 15) is 18.8 Å². The molecule has 0 spiro atoms. The van der Waals surface area contributed by atoms with Gasteiger partial charge in [-0.15, -0.1) is 0 Å². The molecule has 19 nitrogen and oxygen atoms in total. The van der Waals surface area contributed by atoms with Gasteiger partial charge in [0.1, 0.15) is 42.3 Å². The summed E-state index contributed by atoms with van der Waals surface area (Å²) in [6, 6.07) is 1.34. The van der Waals surface area contributed by atoms with Gasteiger partial charge in [-0.3, -0.25) is 22.7 Å². The molecule has 5 heterocycles. The maximum absolute atomic E-state index is 12.8. The monoisotopic (exact) mass is 604 g/mol. The van der Waals surface area contributed by atoms with Gasteiger partial charge in [0.2, 0.25) is 0 Å². The molecule has 0 radical (unpaired) electrons. The minimum Gasteiger partial charge on any atom is -0.383 e. The van der Waals surface area contributed by atoms with E-state index in [0.29, 0.717) is 24.0 Å². The van der Waals surface area contributed by atoms with Gasteiger partial charge in [-0.25, -0.2) is 28.9 Å². The van der Waals surface area contributed by atoms with Gasteiger partial charge in [0.15, 0.2) is 11.5 Å². The number of anilines is 2. The Morgan fingerprint density at radius 1 is 1.02 bits per heavy atom. The van der Waals surface area contributed by atoms with Crippen molar-refractivity contribution in [1.82, 2.24) is 29.1 Å². The molecule has 7 N–H and O–H groups in total. The predicted molar refractivity (Wildman–Crippen MR) is 133 cm³/mol. The van der Waals surface area contributed by atoms with Crippen molar-refractivity contribution >= 4 is 38.4 Å². The molecule has 0 saturated carbocycles. The molecule has 3 aromatic rings. The summed E-state index contributed by atoms with van der Waals surface area (Å²) in [4.78, 5) is 56.7. The van der Waals surface area contributed by atoms with Gasteiger partial charge in [-0.05, 0) is 18.9 Å². The van der Waals surface area contributed by atoms with Gasteiger partial charge in [-0.1, -0.05) is 0 Å². The summed E-state index contributed by atoms with van der Waals surface area (Å²) in [6.45, 7) is -1.01. The Morgan fingerprint density at radius 3 is 2.58 bits per heavy atom. The van der Waals surface area contributed by atoms with E-state index < -0.39 is 58.7 Å². The van der Waals surface area contributed by atoms with Crippen LogP contribution in [0.2, 0.25) is 0 Å². The number of nitrogens with two attached hydrogens (primary N) is 2. The number of fused-ring (bicyclic) bond motifs is 1. The zero-order valence-electron chi connectivity index (χ0n) is 20.6. The zero-order valence-corrected chi connectivity index (χ0v) is 22.4. The highest BCUT2D eigenvalue weighted by atomic mass is 31.2. The molecular weight excluding hydrogens is 578 g/mol. The van der Waals surface area contributed by atoms with Crippen LogP contribution in [-0.4, -0.2) is 75.3 Å². The fourth-order valence-electron chi connectivity index (χ4n) is 4.42. The molecule has 1 unspecified atom stereocenters. The standard InChI is InChI=1S/C19H26N8O11P2/c20-13-3-4-26(19(28)25-13)15-5-11(12(37-15)7-34-39(29,30)31)38-40(32,33)35-6-10-1-2-14(36-10)27-9-24-16-17(21)22-8-23-18(16)27/h3-4,8-12,14-15H,1-2,5-7H2,(H,32,33)(H2,20,25,28)(H2,21,22,23)(H2,29,30,31)/t10-,11+,12+,14+,15+/m0/s1. The fraction of sp³-hybridized carbons (Fsp3) is 0.526. The van der Waals surface area contributed by atoms with E-state index in [1.807, 2.05) is 0 Å². The van der Waals surface area contributed by atoms with Crippen molar-refractivity contribution in [2.45, 2.75) is 50.0 Å². The lowest BCUT2D eigenvalue weighted by atomic mass is 10.2. The molecule has 0 bridgehead atoms. The number of aromatic nitrogens is 6. The van der Waals surface area contributed by atoms with Crippen molar-refractivity contribution in [2.24, 2.45) is 0 Å². The maximum atomic E-state index is 12.8. The first-order valence-electron chi connectivity index (χ1n) is 11.8. The molecule has 21 heteroatoms. The first kappa shape index (κ1) is 28.7. The Morgan fingerprint density at radius 2 is 1.82 bits per heavy atom. The van der Waals surface area contributed by atoms with Crippen molar-refractivity contribution in [2.75, 3.05) is 24.7 Å². The Balaban J connectivity index is 1.21. The molecule has 2 saturated heterocycles. The van der Waals surface area contributed by atoms with E-state index in [-0.39, 0.29) is 24.7 Å². The molecule has 2 fully saturated rings. The van der Waals surface area contributed by atoms with E-state index in [0.717, 1.165) is 4.57 Å². The van der Waals surface area contributed by atoms with E-state index in [4.69, 9.17) is 39.8 Å². The number of hydrogen-bond donors (Lipinski definition) is 5. The normalized spacial score (nSPS) is 26.8. The molecule has 5 rings (SSSR count). The van der Waals surface area contributed by atoms with Crippen LogP contribution in [-0.2, 0) is 32.2 Å². The number of ether oxygens (including phenoxy) is 2. The number of imidazole rings is 1. The SMILES string of the molecule is Nc1ccn([C@H]2C[C@@H](OP(=O)(O)OC[C@@H]3CC[C@H](n4cnc5c(N)ncnc54)O3)[C@@H](COP(=O)(O)O)O2)c(=O)n1. The van der Waals surface area contributed by atoms with Crippen molar-refractivity contribution < 1.29 is 46.9 Å². The summed E-state index contributed by atoms with van der Waals surface area (Å²) in [5, 5.41) is 0. The van der Waals surface area contributed by atoms with Crippen LogP contribution in [0.5, 0.6) is 0 Å². The molecule has 2 aliphatic heterocycles. The average molecular weight is 604 g/mol. The molecule has 3 aromatic heterocycles. The van der Waals surface area contributed by atoms with Gasteiger partial charge in [0.25, 0.3) is 0 Å². The Hall–Kier alpha value is -2.83. The number of hydrogen-bond acceptors (Lipinski definition) is 14. The van der Waals surface area contributed by atoms with Gasteiger partial charge < -0.3 is 35.6 Å². The third-order valence-electron chi connectivity index (χ3n) is 6.22. The second-order valence-electron chi connectivity index (χ2n) is 8.97. The van der Waals surface area contributed by atoms with Crippen LogP contribution in [0.3, 0.4) is 0 Å². The van der Waals surface area contributed by atoms with Crippen LogP contribution in [0.25, 0.3) is 11.2 Å². The van der Waals surface area contributed by atoms with Crippen molar-refractivity contribution in [1.29, 1.82) is 0 Å². The quantitative estimate of drug-likeness (QED) is 0.188. The minimum atomic E-state index is -4.91. The van der Waals surface area contributed by atoms with Gasteiger partial charge >= 0.3 is 21.3 Å². The lowest BCUT2D eigenvalue weighted by Gasteiger charge is -2.22. The molecule has 40 heavy (non-hydrogen) atoms. The van der Waals surface area contributed by atoms with Crippen molar-refractivity contribution in [3.8, 4) is 0 Å². The molecule has 2 aliphatic rings. The minimum absolute atomic E-state index is 0.0308. The molecule has 0 aliphatic carbocycles. The molecule has 6 atom stereocenters. The Bertz CT molecular complexity index is 1530. The maximum Gasteiger partial charge on any atom is 0.472 e. The summed E-state index contributed by atoms with van der Waals surface area (Å²) >= 11 is 0. The zero-order chi connectivity index (χ0) is 28.7. The third kappa shape index (κ3) is 6.55. The Labute approximate surface area is 224 Å². The van der Waals surface area contributed by atoms with Crippen LogP contribution in [0, 0.1) is 0 Å². The second kappa shape index (κ2) is 11.2. The van der Waals surface area contributed by atoms with Crippen LogP contribution in [0.15, 0.2) is 29.7 Å². The highest BCUT2D eigenvalue weighted by Crippen LogP contribution is 2.49. The lowest BCUT2D eigenvalue weighted by molar-refractivity contribution is -0.0495. The van der Waals surface area contributed by atoms with E-state index in [1.54, 1.807) is 4.57 Å². The van der Waals surface area contributed by atoms with E-state index in [1.165, 1.54) is 24.9 Å². The first-order valence-corrected chi connectivity index (χ1v) is 14.9. The summed E-state index contributed by atoms with van der Waals surface area (Å²) in [5.41, 5.74) is 11.5. The number of nitrogens with zero attached hydrogens (tertiary/aromatic N) is 6. The van der Waals surface area contributed by atoms with Crippen LogP contribution < -0.4 is 17.2 Å². The van der Waals surface area contributed by atoms with E-state index >= 15 is 0 Å². The summed E-state index contributed by atoms with van der Waals surface area (Å²) in [5.74, 6) is 0.192. The largest absolute Gasteiger partial charge is 0.472 e. The fourth-order valence-corrected chi connectivity index (χ4v) is 5.74. The Kier molecular flexibility index (Phi) is 8.04.